The molecule has 7 heteroatoms. The molecular weight excluding hydrogens is 180 g/mol. The maximum Gasteiger partial charge on any atom is 0.137 e. The quantitative estimate of drug-likeness (QED) is 0.162. The number of aliphatic hydroxyl groups excluding tert-OH is 5. The van der Waals surface area contributed by atoms with Gasteiger partial charge in [0.05, 0.1) is 12.7 Å². The molecule has 0 aliphatic carbocycles. The summed E-state index contributed by atoms with van der Waals surface area (Å²) in [4.78, 5) is 0. The van der Waals surface area contributed by atoms with Crippen LogP contribution in [0.25, 0.3) is 0 Å². The van der Waals surface area contributed by atoms with Crippen molar-refractivity contribution in [2.75, 3.05) is 13.2 Å². The highest BCUT2D eigenvalue weighted by atomic mass is 16.4. The van der Waals surface area contributed by atoms with Gasteiger partial charge in [0.25, 0.3) is 0 Å². The summed E-state index contributed by atoms with van der Waals surface area (Å²) in [5, 5.41) is 44.9. The Kier molecular flexibility index (Phi) is 5.16. The van der Waals surface area contributed by atoms with E-state index in [1.54, 1.807) is 5.84 Å². The molecule has 0 aliphatic rings. The van der Waals surface area contributed by atoms with Gasteiger partial charge in [-0.3, -0.25) is 11.3 Å². The summed E-state index contributed by atoms with van der Waals surface area (Å²) in [5.74, 6) is 1.77. The normalized spacial score (nSPS) is 21.8. The van der Waals surface area contributed by atoms with Gasteiger partial charge in [0.2, 0.25) is 0 Å². The Morgan fingerprint density at radius 2 is 1.69 bits per heavy atom. The molecule has 0 unspecified atom stereocenters. The van der Waals surface area contributed by atoms with Gasteiger partial charge in [0, 0.05) is 6.54 Å². The molecule has 0 aromatic carbocycles. The first-order valence-corrected chi connectivity index (χ1v) is 3.77. The Labute approximate surface area is 76.9 Å². The van der Waals surface area contributed by atoms with Crippen molar-refractivity contribution < 1.29 is 26.9 Å². The lowest BCUT2D eigenvalue weighted by Crippen LogP contribution is -2.49. The smallest absolute Gasteiger partial charge is 0.137 e. The van der Waals surface area contributed by atoms with Crippen molar-refractivity contribution in [3.05, 3.63) is 0 Å². The molecular formula is C6H16N2O5. The van der Waals surface area contributed by atoms with Crippen molar-refractivity contribution in [3.63, 3.8) is 0 Å². The van der Waals surface area contributed by atoms with E-state index in [1.807, 2.05) is 0 Å². The highest BCUT2D eigenvalue weighted by molar-refractivity contribution is 4.80. The fourth-order valence-electron chi connectivity index (χ4n) is 0.789. The van der Waals surface area contributed by atoms with E-state index >= 15 is 0 Å². The molecule has 0 spiro atoms. The third-order valence-corrected chi connectivity index (χ3v) is 1.64. The van der Waals surface area contributed by atoms with Gasteiger partial charge < -0.3 is 25.5 Å². The third-order valence-electron chi connectivity index (χ3n) is 1.64. The van der Waals surface area contributed by atoms with Gasteiger partial charge in [-0.15, -0.1) is 0 Å². The first-order valence-electron chi connectivity index (χ1n) is 4.27. The fourth-order valence-corrected chi connectivity index (χ4v) is 0.789. The minimum atomic E-state index is -1.64. The molecule has 0 fully saturated rings. The molecule has 0 radical (unpaired) electrons. The minimum absolute atomic E-state index is 0.181. The zero-order valence-electron chi connectivity index (χ0n) is 7.96. The highest BCUT2D eigenvalue weighted by Crippen LogP contribution is 2.03. The average Bonchev–Trinajstić information content (AvgIpc) is 2.22. The predicted molar refractivity (Wildman–Crippen MR) is 43.3 cm³/mol. The maximum absolute atomic E-state index is 9.21. The van der Waals surface area contributed by atoms with Crippen LogP contribution in [0, 0.1) is 0 Å². The van der Waals surface area contributed by atoms with Crippen molar-refractivity contribution in [2.45, 2.75) is 24.4 Å². The summed E-state index contributed by atoms with van der Waals surface area (Å²) in [5.41, 5.74) is 2.19. The molecule has 0 rings (SSSR count). The SMILES string of the molecule is [2H]NNC[C@H](O)[C@H](O)[C@@H](O)[C@H](O)CO. The summed E-state index contributed by atoms with van der Waals surface area (Å²) in [7, 11) is 0. The summed E-state index contributed by atoms with van der Waals surface area (Å²) >= 11 is 0. The van der Waals surface area contributed by atoms with Crippen molar-refractivity contribution in [2.24, 2.45) is 5.84 Å². The van der Waals surface area contributed by atoms with E-state index in [0.29, 0.717) is 0 Å². The van der Waals surface area contributed by atoms with Crippen LogP contribution in [0.4, 0.5) is 0 Å². The second-order valence-electron chi connectivity index (χ2n) is 2.68. The number of hydrogen-bond acceptors (Lipinski definition) is 7. The lowest BCUT2D eigenvalue weighted by atomic mass is 10.0. The van der Waals surface area contributed by atoms with Gasteiger partial charge in [0.15, 0.2) is 0 Å². The number of nitrogens with one attached hydrogen (secondary N) is 1. The molecule has 4 atom stereocenters. The van der Waals surface area contributed by atoms with E-state index in [1.165, 1.54) is 0 Å². The van der Waals surface area contributed by atoms with Crippen molar-refractivity contribution in [1.82, 2.24) is 5.43 Å². The van der Waals surface area contributed by atoms with Crippen LogP contribution in [0.3, 0.4) is 0 Å². The second-order valence-corrected chi connectivity index (χ2v) is 2.68. The van der Waals surface area contributed by atoms with Crippen LogP contribution in [-0.4, -0.2) is 63.1 Å². The van der Waals surface area contributed by atoms with Crippen LogP contribution in [0.5, 0.6) is 0 Å². The van der Waals surface area contributed by atoms with Crippen LogP contribution in [0.1, 0.15) is 0 Å². The van der Waals surface area contributed by atoms with Gasteiger partial charge in [0.1, 0.15) is 19.7 Å². The zero-order chi connectivity index (χ0) is 11.1. The number of nitrogens with two attached hydrogens (primary N) is 1. The molecule has 8 N–H and O–H groups in total. The zero-order valence-corrected chi connectivity index (χ0v) is 6.96. The Balaban J connectivity index is 3.95. The van der Waals surface area contributed by atoms with E-state index in [4.69, 9.17) is 16.7 Å². The lowest BCUT2D eigenvalue weighted by molar-refractivity contribution is -0.113. The van der Waals surface area contributed by atoms with Gasteiger partial charge in [-0.1, -0.05) is 0 Å². The summed E-state index contributed by atoms with van der Waals surface area (Å²) in [6, 6.07) is 0. The van der Waals surface area contributed by atoms with Crippen molar-refractivity contribution >= 4 is 0 Å². The molecule has 0 bridgehead atoms. The average molecular weight is 197 g/mol. The van der Waals surface area contributed by atoms with E-state index in [9.17, 15) is 10.2 Å². The highest BCUT2D eigenvalue weighted by Gasteiger charge is 2.29. The van der Waals surface area contributed by atoms with Gasteiger partial charge in [-0.25, -0.2) is 0 Å². The van der Waals surface area contributed by atoms with Crippen LogP contribution in [0.15, 0.2) is 0 Å². The van der Waals surface area contributed by atoms with Crippen LogP contribution in [0.2, 0.25) is 1.41 Å². The first kappa shape index (κ1) is 10.8. The molecule has 0 heterocycles. The maximum atomic E-state index is 9.21. The number of rotatable bonds is 7. The Morgan fingerprint density at radius 3 is 2.15 bits per heavy atom. The monoisotopic (exact) mass is 197 g/mol. The molecule has 0 amide bonds. The van der Waals surface area contributed by atoms with Gasteiger partial charge >= 0.3 is 0 Å². The van der Waals surface area contributed by atoms with Gasteiger partial charge in [-0.2, -0.15) is 0 Å². The number of hydrogen-bond donors (Lipinski definition) is 7. The lowest BCUT2D eigenvalue weighted by Gasteiger charge is -2.25. The molecule has 0 aliphatic heterocycles. The Morgan fingerprint density at radius 1 is 1.15 bits per heavy atom. The van der Waals surface area contributed by atoms with Gasteiger partial charge in [-0.05, 0) is 0 Å². The van der Waals surface area contributed by atoms with Crippen LogP contribution < -0.4 is 11.3 Å². The molecule has 0 saturated heterocycles. The molecule has 0 saturated carbocycles. The van der Waals surface area contributed by atoms with E-state index in [-0.39, 0.29) is 6.54 Å². The van der Waals surface area contributed by atoms with Crippen molar-refractivity contribution in [1.29, 1.82) is 0 Å². The molecule has 7 nitrogen and oxygen atoms in total. The molecule has 13 heavy (non-hydrogen) atoms. The predicted octanol–water partition coefficient (Wildman–Crippen LogP) is -4.11. The standard InChI is InChI=1S/C6H16N2O5/c7-8-1-3(10)5(12)6(13)4(11)2-9/h3-6,8-13H,1-2,7H2/t3-,4+,5-,6-/m0/s1/i/hD. The summed E-state index contributed by atoms with van der Waals surface area (Å²) < 4.78 is 6.46. The van der Waals surface area contributed by atoms with Crippen molar-refractivity contribution in [3.8, 4) is 0 Å². The summed E-state index contributed by atoms with van der Waals surface area (Å²) in [6.07, 6.45) is -6.10. The summed E-state index contributed by atoms with van der Waals surface area (Å²) in [6.45, 7) is -0.894. The fraction of sp³-hybridized carbons (Fsp3) is 1.00. The Hall–Kier alpha value is -0.280. The topological polar surface area (TPSA) is 139 Å². The van der Waals surface area contributed by atoms with E-state index in [0.717, 1.165) is 0 Å². The third kappa shape index (κ3) is 3.96. The largest absolute Gasteiger partial charge is 0.394 e. The molecule has 0 aromatic rings. The van der Waals surface area contributed by atoms with E-state index in [2.05, 4.69) is 5.43 Å². The molecule has 0 aromatic heterocycles. The number of aliphatic hydroxyl groups is 5. The molecule has 80 valence electrons. The van der Waals surface area contributed by atoms with Crippen LogP contribution in [-0.2, 0) is 0 Å². The Bertz CT molecular complexity index is 152. The minimum Gasteiger partial charge on any atom is -0.394 e. The number of hydrazine groups is 1. The second kappa shape index (κ2) is 6.22. The van der Waals surface area contributed by atoms with E-state index < -0.39 is 31.0 Å². The van der Waals surface area contributed by atoms with Crippen LogP contribution >= 0.6 is 0 Å². The first-order chi connectivity index (χ1) is 6.54.